The molecular weight excluding hydrogens is 407 g/mol. The van der Waals surface area contributed by atoms with Crippen molar-refractivity contribution >= 4 is 29.3 Å². The molecule has 1 fully saturated rings. The third kappa shape index (κ3) is 5.07. The van der Waals surface area contributed by atoms with Gasteiger partial charge in [0.1, 0.15) is 5.75 Å². The second-order valence-electron chi connectivity index (χ2n) is 6.12. The van der Waals surface area contributed by atoms with Crippen LogP contribution in [0.3, 0.4) is 0 Å². The maximum absolute atomic E-state index is 12.6. The molecule has 0 atom stereocenters. The van der Waals surface area contributed by atoms with Gasteiger partial charge in [-0.1, -0.05) is 28.6 Å². The zero-order valence-electron chi connectivity index (χ0n) is 13.8. The number of rotatable bonds is 5. The number of hydrogen-bond acceptors (Lipinski definition) is 5. The standard InChI is InChI=1S/C16H15ClF3N3O3S/c17-9-3-6-12(26-16(18,19)20)11(7-9)8-1-4-10(5-2-8)27-14-13(15(24)25)21-23-22-14/h3,6-8,10H,1-2,4-5H2,(H,24,25)(H,21,22,23)/t8-,10-. The van der Waals surface area contributed by atoms with Gasteiger partial charge >= 0.3 is 12.3 Å². The van der Waals surface area contributed by atoms with Gasteiger partial charge in [-0.3, -0.25) is 5.10 Å². The van der Waals surface area contributed by atoms with Crippen LogP contribution in [0.2, 0.25) is 5.02 Å². The first-order chi connectivity index (χ1) is 12.7. The van der Waals surface area contributed by atoms with Crippen molar-refractivity contribution < 1.29 is 27.8 Å². The number of hydrogen-bond donors (Lipinski definition) is 2. The topological polar surface area (TPSA) is 88.1 Å². The number of carboxylic acids is 1. The highest BCUT2D eigenvalue weighted by molar-refractivity contribution is 7.99. The van der Waals surface area contributed by atoms with Crippen molar-refractivity contribution in [3.8, 4) is 5.75 Å². The maximum Gasteiger partial charge on any atom is 0.573 e. The van der Waals surface area contributed by atoms with Gasteiger partial charge in [-0.2, -0.15) is 0 Å². The van der Waals surface area contributed by atoms with E-state index in [0.29, 0.717) is 41.3 Å². The second-order valence-corrected chi connectivity index (χ2v) is 7.84. The summed E-state index contributed by atoms with van der Waals surface area (Å²) >= 11 is 7.28. The lowest BCUT2D eigenvalue weighted by Gasteiger charge is -2.29. The number of alkyl halides is 3. The number of ether oxygens (including phenoxy) is 1. The van der Waals surface area contributed by atoms with Gasteiger partial charge < -0.3 is 9.84 Å². The molecule has 2 aromatic rings. The normalized spacial score (nSPS) is 20.4. The summed E-state index contributed by atoms with van der Waals surface area (Å²) < 4.78 is 42.1. The number of aromatic amines is 1. The Balaban J connectivity index is 1.68. The molecule has 1 aromatic carbocycles. The number of benzene rings is 1. The van der Waals surface area contributed by atoms with Crippen LogP contribution in [-0.4, -0.2) is 38.1 Å². The van der Waals surface area contributed by atoms with Gasteiger partial charge in [0.15, 0.2) is 10.7 Å². The van der Waals surface area contributed by atoms with E-state index in [1.54, 1.807) is 0 Å². The molecule has 0 aliphatic heterocycles. The van der Waals surface area contributed by atoms with Gasteiger partial charge in [-0.15, -0.1) is 18.3 Å². The lowest BCUT2D eigenvalue weighted by atomic mass is 9.83. The van der Waals surface area contributed by atoms with Crippen LogP contribution in [0.25, 0.3) is 0 Å². The van der Waals surface area contributed by atoms with Gasteiger partial charge in [0, 0.05) is 10.3 Å². The van der Waals surface area contributed by atoms with E-state index < -0.39 is 12.3 Å². The summed E-state index contributed by atoms with van der Waals surface area (Å²) in [6, 6.07) is 4.12. The molecule has 1 heterocycles. The lowest BCUT2D eigenvalue weighted by molar-refractivity contribution is -0.275. The molecular formula is C16H15ClF3N3O3S. The molecule has 2 N–H and O–H groups in total. The minimum Gasteiger partial charge on any atom is -0.476 e. The SMILES string of the molecule is O=C(O)c1[nH]nnc1S[C@H]1CC[C@H](c2cc(Cl)ccc2OC(F)(F)F)CC1. The van der Waals surface area contributed by atoms with Crippen LogP contribution in [0, 0.1) is 0 Å². The molecule has 0 saturated heterocycles. The Kier molecular flexibility index (Phi) is 5.85. The summed E-state index contributed by atoms with van der Waals surface area (Å²) in [5, 5.41) is 19.5. The third-order valence-corrected chi connectivity index (χ3v) is 5.87. The van der Waals surface area contributed by atoms with Crippen LogP contribution in [0.4, 0.5) is 13.2 Å². The van der Waals surface area contributed by atoms with Gasteiger partial charge in [0.25, 0.3) is 0 Å². The van der Waals surface area contributed by atoms with E-state index >= 15 is 0 Å². The Hall–Kier alpha value is -1.94. The van der Waals surface area contributed by atoms with Crippen LogP contribution in [0.1, 0.15) is 47.7 Å². The van der Waals surface area contributed by atoms with Crippen molar-refractivity contribution in [2.24, 2.45) is 0 Å². The molecule has 11 heteroatoms. The summed E-state index contributed by atoms with van der Waals surface area (Å²) in [6.07, 6.45) is -2.12. The summed E-state index contributed by atoms with van der Waals surface area (Å²) in [7, 11) is 0. The molecule has 146 valence electrons. The number of aromatic carboxylic acids is 1. The molecule has 3 rings (SSSR count). The van der Waals surface area contributed by atoms with Crippen molar-refractivity contribution in [1.82, 2.24) is 15.4 Å². The number of halogens is 4. The minimum atomic E-state index is -4.77. The van der Waals surface area contributed by atoms with Gasteiger partial charge in [-0.25, -0.2) is 4.79 Å². The number of carbonyl (C=O) groups is 1. The van der Waals surface area contributed by atoms with Gasteiger partial charge in [0.2, 0.25) is 0 Å². The Morgan fingerprint density at radius 1 is 1.30 bits per heavy atom. The van der Waals surface area contributed by atoms with Gasteiger partial charge in [-0.05, 0) is 55.4 Å². The highest BCUT2D eigenvalue weighted by atomic mass is 35.5. The Bertz CT molecular complexity index is 823. The average molecular weight is 422 g/mol. The zero-order valence-corrected chi connectivity index (χ0v) is 15.4. The molecule has 27 heavy (non-hydrogen) atoms. The van der Waals surface area contributed by atoms with Crippen LogP contribution in [0.5, 0.6) is 5.75 Å². The van der Waals surface area contributed by atoms with Crippen molar-refractivity contribution in [2.45, 2.75) is 48.2 Å². The van der Waals surface area contributed by atoms with Crippen LogP contribution in [-0.2, 0) is 0 Å². The molecule has 0 amide bonds. The predicted octanol–water partition coefficient (Wildman–Crippen LogP) is 4.87. The van der Waals surface area contributed by atoms with E-state index in [0.717, 1.165) is 0 Å². The fourth-order valence-electron chi connectivity index (χ4n) is 3.15. The second kappa shape index (κ2) is 7.97. The van der Waals surface area contributed by atoms with E-state index in [1.165, 1.54) is 30.0 Å². The number of H-pyrrole nitrogens is 1. The largest absolute Gasteiger partial charge is 0.573 e. The zero-order chi connectivity index (χ0) is 19.6. The highest BCUT2D eigenvalue weighted by Crippen LogP contribution is 2.44. The number of aromatic nitrogens is 3. The smallest absolute Gasteiger partial charge is 0.476 e. The fourth-order valence-corrected chi connectivity index (χ4v) is 4.49. The number of nitrogens with zero attached hydrogens (tertiary/aromatic N) is 2. The molecule has 1 aliphatic rings. The first kappa shape index (κ1) is 19.8. The Morgan fingerprint density at radius 2 is 2.00 bits per heavy atom. The van der Waals surface area contributed by atoms with E-state index in [2.05, 4.69) is 20.1 Å². The molecule has 0 spiro atoms. The summed E-state index contributed by atoms with van der Waals surface area (Å²) in [4.78, 5) is 11.1. The number of thioether (sulfide) groups is 1. The molecule has 0 bridgehead atoms. The van der Waals surface area contributed by atoms with E-state index in [1.807, 2.05) is 0 Å². The summed E-state index contributed by atoms with van der Waals surface area (Å²) in [5.41, 5.74) is 0.383. The minimum absolute atomic E-state index is 0.0576. The highest BCUT2D eigenvalue weighted by Gasteiger charge is 2.34. The molecule has 1 aliphatic carbocycles. The van der Waals surface area contributed by atoms with Crippen LogP contribution >= 0.6 is 23.4 Å². The maximum atomic E-state index is 12.6. The summed E-state index contributed by atoms with van der Waals surface area (Å²) in [6.45, 7) is 0. The molecule has 0 radical (unpaired) electrons. The third-order valence-electron chi connectivity index (χ3n) is 4.32. The first-order valence-corrected chi connectivity index (χ1v) is 9.35. The quantitative estimate of drug-likeness (QED) is 0.715. The monoisotopic (exact) mass is 421 g/mol. The van der Waals surface area contributed by atoms with Crippen molar-refractivity contribution in [2.75, 3.05) is 0 Å². The predicted molar refractivity (Wildman–Crippen MR) is 92.3 cm³/mol. The van der Waals surface area contributed by atoms with E-state index in [-0.39, 0.29) is 22.6 Å². The fraction of sp³-hybridized carbons (Fsp3) is 0.438. The Labute approximate surface area is 161 Å². The van der Waals surface area contributed by atoms with E-state index in [4.69, 9.17) is 16.7 Å². The Morgan fingerprint density at radius 3 is 2.63 bits per heavy atom. The number of nitrogens with one attached hydrogen (secondary N) is 1. The molecule has 1 aromatic heterocycles. The lowest BCUT2D eigenvalue weighted by Crippen LogP contribution is -2.20. The van der Waals surface area contributed by atoms with Crippen LogP contribution < -0.4 is 4.74 Å². The van der Waals surface area contributed by atoms with Crippen molar-refractivity contribution in [3.63, 3.8) is 0 Å². The van der Waals surface area contributed by atoms with Crippen LogP contribution in [0.15, 0.2) is 23.2 Å². The summed E-state index contributed by atoms with van der Waals surface area (Å²) in [5.74, 6) is -1.48. The number of carboxylic acid groups (broad SMARTS) is 1. The molecule has 6 nitrogen and oxygen atoms in total. The average Bonchev–Trinajstić information content (AvgIpc) is 3.04. The van der Waals surface area contributed by atoms with Gasteiger partial charge in [0.05, 0.1) is 0 Å². The van der Waals surface area contributed by atoms with Crippen molar-refractivity contribution in [1.29, 1.82) is 0 Å². The molecule has 0 unspecified atom stereocenters. The van der Waals surface area contributed by atoms with Crippen molar-refractivity contribution in [3.05, 3.63) is 34.5 Å². The van der Waals surface area contributed by atoms with E-state index in [9.17, 15) is 18.0 Å². The molecule has 1 saturated carbocycles. The first-order valence-electron chi connectivity index (χ1n) is 8.09.